The molecular weight excluding hydrogens is 328 g/mol. The standard InChI is InChI=1S/C22H26O4/c1-4-14-8-9-15-11-17(21(26-3)13-16(15)10-14)12-19-18(22(23)24)6-5-7-20(19)25-2/h5-7,11,13-14H,4,8-10,12H2,1-3H3,(H,23,24)/t14-/m0/s1. The van der Waals surface area contributed by atoms with Crippen LogP contribution in [0, 0.1) is 5.92 Å². The third-order valence-electron chi connectivity index (χ3n) is 5.46. The molecule has 1 N–H and O–H groups in total. The van der Waals surface area contributed by atoms with Crippen LogP contribution in [0.5, 0.6) is 11.5 Å². The summed E-state index contributed by atoms with van der Waals surface area (Å²) in [6.45, 7) is 2.25. The Hall–Kier alpha value is -2.49. The van der Waals surface area contributed by atoms with Crippen LogP contribution >= 0.6 is 0 Å². The number of aryl methyl sites for hydroxylation is 1. The Bertz CT molecular complexity index is 810. The van der Waals surface area contributed by atoms with E-state index in [0.29, 0.717) is 17.7 Å². The number of carbonyl (C=O) groups is 1. The smallest absolute Gasteiger partial charge is 0.336 e. The molecule has 0 saturated carbocycles. The van der Waals surface area contributed by atoms with Gasteiger partial charge in [0, 0.05) is 12.0 Å². The first-order chi connectivity index (χ1) is 12.6. The first-order valence-corrected chi connectivity index (χ1v) is 9.15. The Morgan fingerprint density at radius 2 is 1.92 bits per heavy atom. The maximum absolute atomic E-state index is 11.6. The SMILES string of the molecule is CC[C@H]1CCc2cc(Cc3c(OC)cccc3C(=O)O)c(OC)cc2C1. The number of carboxylic acid groups (broad SMARTS) is 1. The molecule has 26 heavy (non-hydrogen) atoms. The fourth-order valence-corrected chi connectivity index (χ4v) is 3.92. The van der Waals surface area contributed by atoms with E-state index in [1.54, 1.807) is 32.4 Å². The number of hydrogen-bond donors (Lipinski definition) is 1. The Morgan fingerprint density at radius 1 is 1.15 bits per heavy atom. The van der Waals surface area contributed by atoms with E-state index in [-0.39, 0.29) is 5.56 Å². The summed E-state index contributed by atoms with van der Waals surface area (Å²) in [4.78, 5) is 11.6. The summed E-state index contributed by atoms with van der Waals surface area (Å²) in [6.07, 6.45) is 5.05. The van der Waals surface area contributed by atoms with Crippen molar-refractivity contribution < 1.29 is 19.4 Å². The maximum atomic E-state index is 11.6. The third kappa shape index (κ3) is 3.55. The van der Waals surface area contributed by atoms with Crippen molar-refractivity contribution in [2.45, 2.75) is 39.0 Å². The third-order valence-corrected chi connectivity index (χ3v) is 5.46. The van der Waals surface area contributed by atoms with Gasteiger partial charge in [-0.3, -0.25) is 0 Å². The van der Waals surface area contributed by atoms with Crippen molar-refractivity contribution in [2.75, 3.05) is 14.2 Å². The molecule has 0 bridgehead atoms. The topological polar surface area (TPSA) is 55.8 Å². The molecule has 4 heteroatoms. The van der Waals surface area contributed by atoms with Gasteiger partial charge in [0.1, 0.15) is 11.5 Å². The van der Waals surface area contributed by atoms with Crippen LogP contribution in [0.4, 0.5) is 0 Å². The van der Waals surface area contributed by atoms with Gasteiger partial charge in [-0.25, -0.2) is 4.79 Å². The minimum Gasteiger partial charge on any atom is -0.496 e. The van der Waals surface area contributed by atoms with Crippen molar-refractivity contribution in [2.24, 2.45) is 5.92 Å². The van der Waals surface area contributed by atoms with Crippen LogP contribution in [0.2, 0.25) is 0 Å². The van der Waals surface area contributed by atoms with Gasteiger partial charge in [0.05, 0.1) is 19.8 Å². The number of fused-ring (bicyclic) bond motifs is 1. The van der Waals surface area contributed by atoms with E-state index in [4.69, 9.17) is 9.47 Å². The van der Waals surface area contributed by atoms with Gasteiger partial charge in [0.15, 0.2) is 0 Å². The van der Waals surface area contributed by atoms with E-state index < -0.39 is 5.97 Å². The first-order valence-electron chi connectivity index (χ1n) is 9.15. The number of carboxylic acids is 1. The van der Waals surface area contributed by atoms with Crippen LogP contribution in [-0.4, -0.2) is 25.3 Å². The number of methoxy groups -OCH3 is 2. The Balaban J connectivity index is 2.02. The van der Waals surface area contributed by atoms with Crippen molar-refractivity contribution in [3.63, 3.8) is 0 Å². The van der Waals surface area contributed by atoms with Gasteiger partial charge in [-0.2, -0.15) is 0 Å². The molecule has 3 rings (SSSR count). The molecule has 0 unspecified atom stereocenters. The van der Waals surface area contributed by atoms with Crippen LogP contribution in [0.25, 0.3) is 0 Å². The zero-order valence-electron chi connectivity index (χ0n) is 15.7. The van der Waals surface area contributed by atoms with E-state index in [9.17, 15) is 9.90 Å². The van der Waals surface area contributed by atoms with E-state index >= 15 is 0 Å². The predicted octanol–water partition coefficient (Wildman–Crippen LogP) is 4.51. The van der Waals surface area contributed by atoms with E-state index in [0.717, 1.165) is 30.1 Å². The van der Waals surface area contributed by atoms with Gasteiger partial charge in [0.2, 0.25) is 0 Å². The normalized spacial score (nSPS) is 16.0. The first kappa shape index (κ1) is 18.3. The number of aromatic carboxylic acids is 1. The lowest BCUT2D eigenvalue weighted by atomic mass is 9.81. The van der Waals surface area contributed by atoms with Crippen LogP contribution in [-0.2, 0) is 19.3 Å². The molecule has 0 amide bonds. The van der Waals surface area contributed by atoms with Gasteiger partial charge in [-0.1, -0.05) is 25.5 Å². The number of ether oxygens (including phenoxy) is 2. The van der Waals surface area contributed by atoms with Crippen LogP contribution in [0.3, 0.4) is 0 Å². The molecule has 0 saturated heterocycles. The highest BCUT2D eigenvalue weighted by Crippen LogP contribution is 2.35. The molecule has 138 valence electrons. The van der Waals surface area contributed by atoms with Crippen LogP contribution in [0.1, 0.15) is 52.4 Å². The second-order valence-corrected chi connectivity index (χ2v) is 6.92. The highest BCUT2D eigenvalue weighted by atomic mass is 16.5. The zero-order chi connectivity index (χ0) is 18.7. The van der Waals surface area contributed by atoms with Gasteiger partial charge < -0.3 is 14.6 Å². The van der Waals surface area contributed by atoms with Gasteiger partial charge in [-0.15, -0.1) is 0 Å². The van der Waals surface area contributed by atoms with Crippen molar-refractivity contribution in [3.8, 4) is 11.5 Å². The number of hydrogen-bond acceptors (Lipinski definition) is 3. The van der Waals surface area contributed by atoms with Crippen molar-refractivity contribution in [1.29, 1.82) is 0 Å². The lowest BCUT2D eigenvalue weighted by molar-refractivity contribution is 0.0695. The molecular formula is C22H26O4. The summed E-state index contributed by atoms with van der Waals surface area (Å²) in [5, 5.41) is 9.55. The van der Waals surface area contributed by atoms with E-state index in [1.807, 2.05) is 0 Å². The summed E-state index contributed by atoms with van der Waals surface area (Å²) in [7, 11) is 3.24. The minimum atomic E-state index is -0.943. The quantitative estimate of drug-likeness (QED) is 0.829. The zero-order valence-corrected chi connectivity index (χ0v) is 15.7. The fraction of sp³-hybridized carbons (Fsp3) is 0.409. The van der Waals surface area contributed by atoms with Crippen LogP contribution < -0.4 is 9.47 Å². The molecule has 4 nitrogen and oxygen atoms in total. The molecule has 2 aromatic rings. The molecule has 1 atom stereocenters. The molecule has 1 aliphatic carbocycles. The molecule has 2 aromatic carbocycles. The summed E-state index contributed by atoms with van der Waals surface area (Å²) in [5.74, 6) is 1.21. The van der Waals surface area contributed by atoms with Crippen molar-refractivity contribution in [3.05, 3.63) is 58.1 Å². The Morgan fingerprint density at radius 3 is 2.58 bits per heavy atom. The highest BCUT2D eigenvalue weighted by Gasteiger charge is 2.22. The summed E-state index contributed by atoms with van der Waals surface area (Å²) >= 11 is 0. The molecule has 0 radical (unpaired) electrons. The predicted molar refractivity (Wildman–Crippen MR) is 102 cm³/mol. The minimum absolute atomic E-state index is 0.273. The van der Waals surface area contributed by atoms with E-state index in [1.165, 1.54) is 24.0 Å². The second kappa shape index (κ2) is 7.81. The lowest BCUT2D eigenvalue weighted by Crippen LogP contribution is -2.14. The van der Waals surface area contributed by atoms with Gasteiger partial charge >= 0.3 is 5.97 Å². The fourth-order valence-electron chi connectivity index (χ4n) is 3.92. The lowest BCUT2D eigenvalue weighted by Gasteiger charge is -2.25. The molecule has 0 spiro atoms. The average Bonchev–Trinajstić information content (AvgIpc) is 2.66. The largest absolute Gasteiger partial charge is 0.496 e. The maximum Gasteiger partial charge on any atom is 0.336 e. The monoisotopic (exact) mass is 354 g/mol. The van der Waals surface area contributed by atoms with Gasteiger partial charge in [-0.05, 0) is 60.1 Å². The molecule has 0 aliphatic heterocycles. The highest BCUT2D eigenvalue weighted by molar-refractivity contribution is 5.90. The van der Waals surface area contributed by atoms with Crippen molar-refractivity contribution in [1.82, 2.24) is 0 Å². The second-order valence-electron chi connectivity index (χ2n) is 6.92. The molecule has 0 fully saturated rings. The Kier molecular flexibility index (Phi) is 5.50. The average molecular weight is 354 g/mol. The van der Waals surface area contributed by atoms with E-state index in [2.05, 4.69) is 19.1 Å². The summed E-state index contributed by atoms with van der Waals surface area (Å²) in [6, 6.07) is 9.47. The van der Waals surface area contributed by atoms with Crippen LogP contribution in [0.15, 0.2) is 30.3 Å². The van der Waals surface area contributed by atoms with Gasteiger partial charge in [0.25, 0.3) is 0 Å². The summed E-state index contributed by atoms with van der Waals surface area (Å²) in [5.41, 5.74) is 4.69. The van der Waals surface area contributed by atoms with Crippen molar-refractivity contribution >= 4 is 5.97 Å². The molecule has 1 aliphatic rings. The Labute approximate surface area is 154 Å². The molecule has 0 heterocycles. The molecule has 0 aromatic heterocycles. The summed E-state index contributed by atoms with van der Waals surface area (Å²) < 4.78 is 11.1. The number of rotatable bonds is 6. The number of benzene rings is 2.